The number of hydrogen-bond donors (Lipinski definition) is 2. The standard InChI is InChI=1S/C13H15N3O/c1-13(8-14-9-13)17-12-7-11(15-16-12)10-5-3-2-4-6-10/h2-7,14H,8-9H2,1H3,(H,15,16). The van der Waals surface area contributed by atoms with E-state index in [0.717, 1.165) is 24.3 Å². The highest BCUT2D eigenvalue weighted by atomic mass is 16.5. The molecule has 0 aliphatic carbocycles. The summed E-state index contributed by atoms with van der Waals surface area (Å²) < 4.78 is 5.84. The van der Waals surface area contributed by atoms with Crippen LogP contribution in [0.4, 0.5) is 0 Å². The topological polar surface area (TPSA) is 49.9 Å². The van der Waals surface area contributed by atoms with E-state index in [-0.39, 0.29) is 5.60 Å². The lowest BCUT2D eigenvalue weighted by atomic mass is 10.0. The first-order chi connectivity index (χ1) is 8.25. The van der Waals surface area contributed by atoms with Crippen LogP contribution in [0.25, 0.3) is 11.3 Å². The Labute approximate surface area is 100 Å². The monoisotopic (exact) mass is 229 g/mol. The molecule has 0 unspecified atom stereocenters. The van der Waals surface area contributed by atoms with Crippen molar-refractivity contribution in [1.29, 1.82) is 0 Å². The van der Waals surface area contributed by atoms with Crippen LogP contribution in [0.15, 0.2) is 36.4 Å². The van der Waals surface area contributed by atoms with E-state index in [1.165, 1.54) is 0 Å². The Kier molecular flexibility index (Phi) is 2.37. The maximum Gasteiger partial charge on any atom is 0.233 e. The molecule has 4 nitrogen and oxygen atoms in total. The first-order valence-electron chi connectivity index (χ1n) is 5.76. The summed E-state index contributed by atoms with van der Waals surface area (Å²) in [5, 5.41) is 10.4. The minimum Gasteiger partial charge on any atom is -0.468 e. The Morgan fingerprint density at radius 3 is 2.65 bits per heavy atom. The predicted molar refractivity (Wildman–Crippen MR) is 65.9 cm³/mol. The van der Waals surface area contributed by atoms with Gasteiger partial charge in [-0.1, -0.05) is 30.3 Å². The van der Waals surface area contributed by atoms with Gasteiger partial charge in [0.2, 0.25) is 5.88 Å². The molecule has 17 heavy (non-hydrogen) atoms. The van der Waals surface area contributed by atoms with Crippen molar-refractivity contribution < 1.29 is 4.74 Å². The van der Waals surface area contributed by atoms with Crippen molar-refractivity contribution in [2.24, 2.45) is 0 Å². The Hall–Kier alpha value is -1.81. The second-order valence-corrected chi connectivity index (χ2v) is 4.64. The van der Waals surface area contributed by atoms with Gasteiger partial charge in [-0.15, -0.1) is 5.10 Å². The molecule has 1 aromatic carbocycles. The number of benzene rings is 1. The van der Waals surface area contributed by atoms with Gasteiger partial charge >= 0.3 is 0 Å². The molecule has 0 spiro atoms. The molecule has 1 fully saturated rings. The van der Waals surface area contributed by atoms with Gasteiger partial charge in [0.15, 0.2) is 0 Å². The van der Waals surface area contributed by atoms with Crippen LogP contribution in [0.3, 0.4) is 0 Å². The molecular formula is C13H15N3O. The van der Waals surface area contributed by atoms with Gasteiger partial charge in [-0.05, 0) is 12.5 Å². The summed E-state index contributed by atoms with van der Waals surface area (Å²) in [4.78, 5) is 0. The number of rotatable bonds is 3. The second kappa shape index (κ2) is 3.89. The normalized spacial score (nSPS) is 17.5. The Morgan fingerprint density at radius 2 is 2.00 bits per heavy atom. The molecule has 0 radical (unpaired) electrons. The van der Waals surface area contributed by atoms with E-state index in [1.807, 2.05) is 36.4 Å². The van der Waals surface area contributed by atoms with E-state index in [2.05, 4.69) is 22.4 Å². The van der Waals surface area contributed by atoms with E-state index in [4.69, 9.17) is 4.74 Å². The predicted octanol–water partition coefficient (Wildman–Crippen LogP) is 1.82. The third-order valence-electron chi connectivity index (χ3n) is 2.99. The van der Waals surface area contributed by atoms with Crippen molar-refractivity contribution in [1.82, 2.24) is 15.5 Å². The molecule has 1 saturated heterocycles. The summed E-state index contributed by atoms with van der Waals surface area (Å²) in [6.07, 6.45) is 0. The van der Waals surface area contributed by atoms with Crippen LogP contribution in [0, 0.1) is 0 Å². The molecule has 88 valence electrons. The molecule has 3 rings (SSSR count). The van der Waals surface area contributed by atoms with Gasteiger partial charge in [0.05, 0.1) is 5.69 Å². The largest absolute Gasteiger partial charge is 0.468 e. The lowest BCUT2D eigenvalue weighted by Gasteiger charge is -2.38. The van der Waals surface area contributed by atoms with Crippen LogP contribution in [-0.4, -0.2) is 28.9 Å². The highest BCUT2D eigenvalue weighted by Crippen LogP contribution is 2.24. The van der Waals surface area contributed by atoms with E-state index < -0.39 is 0 Å². The zero-order valence-corrected chi connectivity index (χ0v) is 9.73. The van der Waals surface area contributed by atoms with Gasteiger partial charge in [-0.2, -0.15) is 0 Å². The van der Waals surface area contributed by atoms with Crippen LogP contribution >= 0.6 is 0 Å². The van der Waals surface area contributed by atoms with Crippen LogP contribution < -0.4 is 10.1 Å². The van der Waals surface area contributed by atoms with E-state index in [0.29, 0.717) is 5.88 Å². The zero-order valence-electron chi connectivity index (χ0n) is 9.73. The number of ether oxygens (including phenoxy) is 1. The fourth-order valence-corrected chi connectivity index (χ4v) is 1.92. The van der Waals surface area contributed by atoms with Gasteiger partial charge in [-0.3, -0.25) is 5.10 Å². The smallest absolute Gasteiger partial charge is 0.233 e. The maximum atomic E-state index is 5.84. The highest BCUT2D eigenvalue weighted by Gasteiger charge is 2.34. The molecule has 2 N–H and O–H groups in total. The first kappa shape index (κ1) is 10.4. The van der Waals surface area contributed by atoms with Crippen LogP contribution in [0.5, 0.6) is 5.88 Å². The lowest BCUT2D eigenvalue weighted by Crippen LogP contribution is -2.61. The number of nitrogens with one attached hydrogen (secondary N) is 2. The molecule has 0 saturated carbocycles. The molecule has 1 aliphatic rings. The minimum atomic E-state index is -0.108. The fourth-order valence-electron chi connectivity index (χ4n) is 1.92. The molecule has 4 heteroatoms. The number of hydrogen-bond acceptors (Lipinski definition) is 3. The molecule has 0 amide bonds. The number of nitrogens with zero attached hydrogens (tertiary/aromatic N) is 1. The number of H-pyrrole nitrogens is 1. The summed E-state index contributed by atoms with van der Waals surface area (Å²) >= 11 is 0. The molecular weight excluding hydrogens is 214 g/mol. The summed E-state index contributed by atoms with van der Waals surface area (Å²) in [5.41, 5.74) is 1.99. The van der Waals surface area contributed by atoms with Gasteiger partial charge in [-0.25, -0.2) is 0 Å². The highest BCUT2D eigenvalue weighted by molar-refractivity contribution is 5.59. The summed E-state index contributed by atoms with van der Waals surface area (Å²) in [6, 6.07) is 12.0. The minimum absolute atomic E-state index is 0.108. The van der Waals surface area contributed by atoms with E-state index in [1.54, 1.807) is 0 Å². The lowest BCUT2D eigenvalue weighted by molar-refractivity contribution is 0.0304. The van der Waals surface area contributed by atoms with E-state index >= 15 is 0 Å². The third-order valence-corrected chi connectivity index (χ3v) is 2.99. The maximum absolute atomic E-state index is 5.84. The molecule has 0 bridgehead atoms. The summed E-state index contributed by atoms with van der Waals surface area (Å²) in [7, 11) is 0. The molecule has 1 aliphatic heterocycles. The van der Waals surface area contributed by atoms with Crippen LogP contribution in [0.1, 0.15) is 6.92 Å². The average Bonchev–Trinajstić information content (AvgIpc) is 2.77. The van der Waals surface area contributed by atoms with Gasteiger partial charge in [0.25, 0.3) is 0 Å². The van der Waals surface area contributed by atoms with Crippen molar-refractivity contribution in [2.45, 2.75) is 12.5 Å². The molecule has 2 aromatic rings. The Bertz CT molecular complexity index is 502. The summed E-state index contributed by atoms with van der Waals surface area (Å²) in [6.45, 7) is 3.83. The second-order valence-electron chi connectivity index (χ2n) is 4.64. The van der Waals surface area contributed by atoms with Gasteiger partial charge in [0, 0.05) is 19.2 Å². The van der Waals surface area contributed by atoms with Crippen molar-refractivity contribution in [3.63, 3.8) is 0 Å². The SMILES string of the molecule is CC1(Oc2cc(-c3ccccc3)[nH]n2)CNC1. The number of aromatic amines is 1. The van der Waals surface area contributed by atoms with Crippen molar-refractivity contribution in [2.75, 3.05) is 13.1 Å². The van der Waals surface area contributed by atoms with E-state index in [9.17, 15) is 0 Å². The Balaban J connectivity index is 1.79. The van der Waals surface area contributed by atoms with Crippen molar-refractivity contribution in [3.05, 3.63) is 36.4 Å². The number of aromatic nitrogens is 2. The van der Waals surface area contributed by atoms with Crippen molar-refractivity contribution >= 4 is 0 Å². The fraction of sp³-hybridized carbons (Fsp3) is 0.308. The van der Waals surface area contributed by atoms with Gasteiger partial charge in [0.1, 0.15) is 5.60 Å². The molecule has 1 aromatic heterocycles. The average molecular weight is 229 g/mol. The molecule has 0 atom stereocenters. The molecule has 2 heterocycles. The first-order valence-corrected chi connectivity index (χ1v) is 5.76. The van der Waals surface area contributed by atoms with Crippen LogP contribution in [0.2, 0.25) is 0 Å². The zero-order chi connectivity index (χ0) is 11.7. The van der Waals surface area contributed by atoms with Crippen LogP contribution in [-0.2, 0) is 0 Å². The van der Waals surface area contributed by atoms with Crippen molar-refractivity contribution in [3.8, 4) is 17.1 Å². The third kappa shape index (κ3) is 2.03. The quantitative estimate of drug-likeness (QED) is 0.844. The van der Waals surface area contributed by atoms with Gasteiger partial charge < -0.3 is 10.1 Å². The Morgan fingerprint density at radius 1 is 1.24 bits per heavy atom. The summed E-state index contributed by atoms with van der Waals surface area (Å²) in [5.74, 6) is 0.660.